The Bertz CT molecular complexity index is 457. The third-order valence-electron chi connectivity index (χ3n) is 2.76. The van der Waals surface area contributed by atoms with Crippen LogP contribution in [0.4, 0.5) is 14.9 Å². The number of anilines is 1. The molecule has 102 valence electrons. The summed E-state index contributed by atoms with van der Waals surface area (Å²) < 4.78 is 12.6. The fraction of sp³-hybridized carbons (Fsp3) is 0.385. The first-order valence-electron chi connectivity index (χ1n) is 6.23. The van der Waals surface area contributed by atoms with E-state index in [2.05, 4.69) is 16.0 Å². The van der Waals surface area contributed by atoms with Crippen molar-refractivity contribution in [1.29, 1.82) is 0 Å². The summed E-state index contributed by atoms with van der Waals surface area (Å²) in [4.78, 5) is 22.8. The van der Waals surface area contributed by atoms with Crippen molar-refractivity contribution in [2.24, 2.45) is 5.92 Å². The normalized spacial score (nSPS) is 13.7. The van der Waals surface area contributed by atoms with Crippen molar-refractivity contribution in [2.75, 3.05) is 18.4 Å². The maximum Gasteiger partial charge on any atom is 0.319 e. The van der Waals surface area contributed by atoms with Crippen LogP contribution in [-0.4, -0.2) is 25.0 Å². The van der Waals surface area contributed by atoms with Gasteiger partial charge in [0.15, 0.2) is 0 Å². The van der Waals surface area contributed by atoms with E-state index in [4.69, 9.17) is 0 Å². The van der Waals surface area contributed by atoms with Gasteiger partial charge in [-0.25, -0.2) is 9.18 Å². The van der Waals surface area contributed by atoms with Crippen molar-refractivity contribution in [3.05, 3.63) is 30.1 Å². The van der Waals surface area contributed by atoms with E-state index in [0.717, 1.165) is 12.8 Å². The van der Waals surface area contributed by atoms with Crippen molar-refractivity contribution >= 4 is 17.6 Å². The van der Waals surface area contributed by atoms with E-state index in [0.29, 0.717) is 18.8 Å². The van der Waals surface area contributed by atoms with Crippen LogP contribution in [0.5, 0.6) is 0 Å². The van der Waals surface area contributed by atoms with E-state index in [-0.39, 0.29) is 23.7 Å². The van der Waals surface area contributed by atoms with Crippen molar-refractivity contribution < 1.29 is 14.0 Å². The van der Waals surface area contributed by atoms with Crippen LogP contribution in [0.2, 0.25) is 0 Å². The molecule has 1 saturated carbocycles. The van der Waals surface area contributed by atoms with E-state index in [1.54, 1.807) is 0 Å². The van der Waals surface area contributed by atoms with Crippen LogP contribution in [0.3, 0.4) is 0 Å². The average molecular weight is 265 g/mol. The fourth-order valence-corrected chi connectivity index (χ4v) is 1.56. The first kappa shape index (κ1) is 13.3. The van der Waals surface area contributed by atoms with Gasteiger partial charge in [-0.2, -0.15) is 0 Å². The molecule has 5 nitrogen and oxygen atoms in total. The molecule has 6 heteroatoms. The maximum absolute atomic E-state index is 12.6. The minimum atomic E-state index is -0.382. The smallest absolute Gasteiger partial charge is 0.319 e. The summed E-state index contributed by atoms with van der Waals surface area (Å²) in [7, 11) is 0. The highest BCUT2D eigenvalue weighted by molar-refractivity contribution is 5.89. The number of carbonyl (C=O) groups excluding carboxylic acids is 2. The van der Waals surface area contributed by atoms with Crippen LogP contribution < -0.4 is 16.0 Å². The second-order valence-corrected chi connectivity index (χ2v) is 4.45. The second kappa shape index (κ2) is 6.17. The Morgan fingerprint density at radius 2 is 1.74 bits per heavy atom. The van der Waals surface area contributed by atoms with Crippen molar-refractivity contribution in [1.82, 2.24) is 10.6 Å². The van der Waals surface area contributed by atoms with Crippen LogP contribution in [0, 0.1) is 11.7 Å². The van der Waals surface area contributed by atoms with Gasteiger partial charge in [0.2, 0.25) is 5.91 Å². The molecule has 19 heavy (non-hydrogen) atoms. The van der Waals surface area contributed by atoms with Gasteiger partial charge in [0.05, 0.1) is 0 Å². The van der Waals surface area contributed by atoms with Crippen molar-refractivity contribution in [3.8, 4) is 0 Å². The zero-order valence-electron chi connectivity index (χ0n) is 10.4. The van der Waals surface area contributed by atoms with Crippen molar-refractivity contribution in [2.45, 2.75) is 12.8 Å². The van der Waals surface area contributed by atoms with Crippen LogP contribution in [0.25, 0.3) is 0 Å². The molecule has 3 N–H and O–H groups in total. The molecule has 1 aromatic rings. The molecule has 0 heterocycles. The molecule has 1 aliphatic carbocycles. The number of hydrogen-bond donors (Lipinski definition) is 3. The maximum atomic E-state index is 12.6. The molecule has 0 atom stereocenters. The molecule has 0 saturated heterocycles. The number of halogens is 1. The van der Waals surface area contributed by atoms with Gasteiger partial charge < -0.3 is 16.0 Å². The van der Waals surface area contributed by atoms with Gasteiger partial charge in [-0.15, -0.1) is 0 Å². The molecular formula is C13H16FN3O2. The second-order valence-electron chi connectivity index (χ2n) is 4.45. The predicted molar refractivity (Wildman–Crippen MR) is 69.2 cm³/mol. The number of benzene rings is 1. The van der Waals surface area contributed by atoms with Gasteiger partial charge in [0.25, 0.3) is 0 Å². The molecule has 0 unspecified atom stereocenters. The van der Waals surface area contributed by atoms with Gasteiger partial charge >= 0.3 is 6.03 Å². The van der Waals surface area contributed by atoms with Gasteiger partial charge in [-0.3, -0.25) is 4.79 Å². The lowest BCUT2D eigenvalue weighted by Gasteiger charge is -2.08. The summed E-state index contributed by atoms with van der Waals surface area (Å²) in [5.74, 6) is -0.123. The summed E-state index contributed by atoms with van der Waals surface area (Å²) in [5, 5.41) is 7.91. The highest BCUT2D eigenvalue weighted by atomic mass is 19.1. The molecule has 1 aliphatic rings. The zero-order valence-corrected chi connectivity index (χ0v) is 10.4. The summed E-state index contributed by atoms with van der Waals surface area (Å²) in [6, 6.07) is 5.11. The number of nitrogens with one attached hydrogen (secondary N) is 3. The molecule has 1 aromatic carbocycles. The standard InChI is InChI=1S/C13H16FN3O2/c14-10-3-5-11(6-4-10)17-13(19)16-8-7-15-12(18)9-1-2-9/h3-6,9H,1-2,7-8H2,(H,15,18)(H2,16,17,19). The molecule has 2 rings (SSSR count). The third-order valence-corrected chi connectivity index (χ3v) is 2.76. The number of rotatable bonds is 5. The molecular weight excluding hydrogens is 249 g/mol. The van der Waals surface area contributed by atoms with E-state index >= 15 is 0 Å². The molecule has 0 radical (unpaired) electrons. The van der Waals surface area contributed by atoms with Crippen molar-refractivity contribution in [3.63, 3.8) is 0 Å². The Kier molecular flexibility index (Phi) is 4.33. The summed E-state index contributed by atoms with van der Waals surface area (Å²) in [6.45, 7) is 0.762. The minimum Gasteiger partial charge on any atom is -0.354 e. The molecule has 0 bridgehead atoms. The average Bonchev–Trinajstić information content (AvgIpc) is 3.21. The summed E-state index contributed by atoms with van der Waals surface area (Å²) >= 11 is 0. The summed E-state index contributed by atoms with van der Waals surface area (Å²) in [6.07, 6.45) is 1.93. The Morgan fingerprint density at radius 3 is 2.37 bits per heavy atom. The van der Waals surface area contributed by atoms with Gasteiger partial charge in [0, 0.05) is 24.7 Å². The van der Waals surface area contributed by atoms with E-state index < -0.39 is 0 Å². The number of urea groups is 1. The van der Waals surface area contributed by atoms with Gasteiger partial charge in [-0.05, 0) is 37.1 Å². The lowest BCUT2D eigenvalue weighted by Crippen LogP contribution is -2.37. The highest BCUT2D eigenvalue weighted by Gasteiger charge is 2.28. The minimum absolute atomic E-state index is 0.0562. The van der Waals surface area contributed by atoms with Crippen LogP contribution in [0.1, 0.15) is 12.8 Å². The quantitative estimate of drug-likeness (QED) is 0.706. The molecule has 1 fully saturated rings. The molecule has 0 aromatic heterocycles. The number of hydrogen-bond acceptors (Lipinski definition) is 2. The summed E-state index contributed by atoms with van der Waals surface area (Å²) in [5.41, 5.74) is 0.515. The lowest BCUT2D eigenvalue weighted by molar-refractivity contribution is -0.122. The number of amides is 3. The number of carbonyl (C=O) groups is 2. The third kappa shape index (κ3) is 4.57. The Labute approximate surface area is 110 Å². The van der Waals surface area contributed by atoms with Gasteiger partial charge in [0.1, 0.15) is 5.82 Å². The van der Waals surface area contributed by atoms with Crippen LogP contribution in [-0.2, 0) is 4.79 Å². The zero-order chi connectivity index (χ0) is 13.7. The monoisotopic (exact) mass is 265 g/mol. The largest absolute Gasteiger partial charge is 0.354 e. The lowest BCUT2D eigenvalue weighted by atomic mass is 10.3. The predicted octanol–water partition coefficient (Wildman–Crippen LogP) is 1.47. The molecule has 3 amide bonds. The Balaban J connectivity index is 1.61. The van der Waals surface area contributed by atoms with Gasteiger partial charge in [-0.1, -0.05) is 0 Å². The topological polar surface area (TPSA) is 70.2 Å². The first-order valence-corrected chi connectivity index (χ1v) is 6.23. The van der Waals surface area contributed by atoms with E-state index in [1.807, 2.05) is 0 Å². The molecule has 0 spiro atoms. The van der Waals surface area contributed by atoms with E-state index in [1.165, 1.54) is 24.3 Å². The van der Waals surface area contributed by atoms with Crippen LogP contribution in [0.15, 0.2) is 24.3 Å². The fourth-order valence-electron chi connectivity index (χ4n) is 1.56. The Hall–Kier alpha value is -2.11. The highest BCUT2D eigenvalue weighted by Crippen LogP contribution is 2.28. The van der Waals surface area contributed by atoms with Crippen LogP contribution >= 0.6 is 0 Å². The Morgan fingerprint density at radius 1 is 1.11 bits per heavy atom. The van der Waals surface area contributed by atoms with E-state index in [9.17, 15) is 14.0 Å². The SMILES string of the molecule is O=C(NCCNC(=O)C1CC1)Nc1ccc(F)cc1. The molecule has 0 aliphatic heterocycles. The first-order chi connectivity index (χ1) is 9.15.